The highest BCUT2D eigenvalue weighted by Crippen LogP contribution is 2.36. The number of carbonyl (C=O) groups excluding carboxylic acids is 2. The number of methoxy groups -OCH3 is 1. The van der Waals surface area contributed by atoms with Crippen molar-refractivity contribution in [3.63, 3.8) is 0 Å². The minimum Gasteiger partial charge on any atom is -0.469 e. The Hall–Kier alpha value is -4.22. The van der Waals surface area contributed by atoms with Crippen LogP contribution in [-0.2, 0) is 16.1 Å². The van der Waals surface area contributed by atoms with Gasteiger partial charge in [0.15, 0.2) is 0 Å². The van der Waals surface area contributed by atoms with Crippen molar-refractivity contribution < 1.29 is 19.4 Å². The van der Waals surface area contributed by atoms with E-state index in [1.807, 2.05) is 57.2 Å². The summed E-state index contributed by atoms with van der Waals surface area (Å²) in [5.74, 6) is 0.0955. The number of hydrogen-bond acceptors (Lipinski definition) is 9. The van der Waals surface area contributed by atoms with Crippen LogP contribution in [0.1, 0.15) is 41.5 Å². The third-order valence-electron chi connectivity index (χ3n) is 8.29. The van der Waals surface area contributed by atoms with Crippen LogP contribution in [0, 0.1) is 13.8 Å². The quantitative estimate of drug-likeness (QED) is 0.356. The Morgan fingerprint density at radius 2 is 1.84 bits per heavy atom. The second-order valence-electron chi connectivity index (χ2n) is 11.3. The number of ether oxygens (including phenoxy) is 1. The van der Waals surface area contributed by atoms with Crippen LogP contribution in [0.2, 0.25) is 0 Å². The number of aromatic nitrogens is 2. The van der Waals surface area contributed by atoms with E-state index in [-0.39, 0.29) is 18.6 Å². The van der Waals surface area contributed by atoms with Gasteiger partial charge in [-0.2, -0.15) is 4.98 Å². The summed E-state index contributed by atoms with van der Waals surface area (Å²) in [5, 5.41) is 12.9. The summed E-state index contributed by atoms with van der Waals surface area (Å²) in [6.45, 7) is 10.1. The van der Waals surface area contributed by atoms with E-state index in [0.717, 1.165) is 65.5 Å². The Bertz CT molecular complexity index is 1470. The van der Waals surface area contributed by atoms with Gasteiger partial charge in [-0.15, -0.1) is 0 Å². The molecule has 0 bridgehead atoms. The molecule has 1 unspecified atom stereocenters. The number of fused-ring (bicyclic) bond motifs is 1. The van der Waals surface area contributed by atoms with Crippen LogP contribution in [-0.4, -0.2) is 85.5 Å². The molecule has 0 radical (unpaired) electrons. The predicted octanol–water partition coefficient (Wildman–Crippen LogP) is 4.19. The van der Waals surface area contributed by atoms with E-state index in [1.54, 1.807) is 16.0 Å². The lowest BCUT2D eigenvalue weighted by molar-refractivity contribution is -0.141. The molecule has 228 valence electrons. The molecule has 1 aromatic heterocycles. The summed E-state index contributed by atoms with van der Waals surface area (Å²) in [5.41, 5.74) is 6.31. The maximum Gasteiger partial charge on any atom is 0.330 e. The summed E-state index contributed by atoms with van der Waals surface area (Å²) in [4.78, 5) is 43.8. The van der Waals surface area contributed by atoms with Crippen LogP contribution in [0.25, 0.3) is 0 Å². The number of aliphatic hydroxyl groups excluding tert-OH is 1. The number of para-hydroxylation sites is 1. The molecular formula is C32H41N7O4. The fourth-order valence-corrected chi connectivity index (χ4v) is 5.86. The SMILES string of the molecule is COC(=O)C(C)c1cc(Nc2ncc3c(n2)N(CCCO)C(=O)N(c2c(C)cccc2C)C3)ccc1N1CCN(C)CC1. The molecule has 2 amide bonds. The zero-order chi connectivity index (χ0) is 30.7. The van der Waals surface area contributed by atoms with E-state index < -0.39 is 5.92 Å². The summed E-state index contributed by atoms with van der Waals surface area (Å²) in [6.07, 6.45) is 2.17. The van der Waals surface area contributed by atoms with Crippen molar-refractivity contribution >= 4 is 40.8 Å². The van der Waals surface area contributed by atoms with Gasteiger partial charge in [0.2, 0.25) is 5.95 Å². The molecule has 43 heavy (non-hydrogen) atoms. The molecule has 3 aromatic rings. The topological polar surface area (TPSA) is 114 Å². The minimum absolute atomic E-state index is 0.0422. The van der Waals surface area contributed by atoms with Gasteiger partial charge in [-0.3, -0.25) is 14.6 Å². The van der Waals surface area contributed by atoms with Crippen LogP contribution in [0.4, 0.5) is 33.6 Å². The molecule has 2 aliphatic heterocycles. The number of aliphatic hydroxyl groups is 1. The smallest absolute Gasteiger partial charge is 0.330 e. The second kappa shape index (κ2) is 13.0. The normalized spacial score (nSPS) is 16.2. The van der Waals surface area contributed by atoms with E-state index in [1.165, 1.54) is 7.11 Å². The lowest BCUT2D eigenvalue weighted by Gasteiger charge is -2.37. The first-order valence-electron chi connectivity index (χ1n) is 14.8. The number of benzene rings is 2. The Labute approximate surface area is 253 Å². The molecule has 2 aromatic carbocycles. The Kier molecular flexibility index (Phi) is 9.12. The number of esters is 1. The van der Waals surface area contributed by atoms with E-state index >= 15 is 0 Å². The fourth-order valence-electron chi connectivity index (χ4n) is 5.86. The molecule has 3 heterocycles. The zero-order valence-electron chi connectivity index (χ0n) is 25.6. The van der Waals surface area contributed by atoms with Gasteiger partial charge in [0.05, 0.1) is 25.3 Å². The zero-order valence-corrected chi connectivity index (χ0v) is 25.6. The fraction of sp³-hybridized carbons (Fsp3) is 0.438. The number of likely N-dealkylation sites (N-methyl/N-ethyl adjacent to an activating group) is 1. The van der Waals surface area contributed by atoms with Crippen molar-refractivity contribution in [2.24, 2.45) is 0 Å². The summed E-state index contributed by atoms with van der Waals surface area (Å²) in [6, 6.07) is 11.7. The number of piperazine rings is 1. The van der Waals surface area contributed by atoms with Crippen molar-refractivity contribution in [2.45, 2.75) is 39.7 Å². The van der Waals surface area contributed by atoms with Crippen LogP contribution in [0.15, 0.2) is 42.6 Å². The lowest BCUT2D eigenvalue weighted by atomic mass is 9.97. The number of amides is 2. The summed E-state index contributed by atoms with van der Waals surface area (Å²) in [7, 11) is 3.52. The van der Waals surface area contributed by atoms with E-state index in [2.05, 4.69) is 27.1 Å². The molecule has 2 aliphatic rings. The van der Waals surface area contributed by atoms with Crippen LogP contribution in [0.5, 0.6) is 0 Å². The molecular weight excluding hydrogens is 546 g/mol. The Morgan fingerprint density at radius 3 is 2.51 bits per heavy atom. The molecule has 1 saturated heterocycles. The van der Waals surface area contributed by atoms with E-state index in [0.29, 0.717) is 31.3 Å². The van der Waals surface area contributed by atoms with Gasteiger partial charge in [0.25, 0.3) is 0 Å². The highest BCUT2D eigenvalue weighted by Gasteiger charge is 2.34. The van der Waals surface area contributed by atoms with Gasteiger partial charge in [-0.25, -0.2) is 9.78 Å². The first-order valence-corrected chi connectivity index (χ1v) is 14.8. The number of urea groups is 1. The van der Waals surface area contributed by atoms with Gasteiger partial charge >= 0.3 is 12.0 Å². The lowest BCUT2D eigenvalue weighted by Crippen LogP contribution is -2.49. The van der Waals surface area contributed by atoms with Crippen molar-refractivity contribution in [1.29, 1.82) is 0 Å². The van der Waals surface area contributed by atoms with E-state index in [9.17, 15) is 14.7 Å². The summed E-state index contributed by atoms with van der Waals surface area (Å²) < 4.78 is 5.09. The average molecular weight is 588 g/mol. The Balaban J connectivity index is 1.47. The van der Waals surface area contributed by atoms with Crippen molar-refractivity contribution in [3.8, 4) is 0 Å². The van der Waals surface area contributed by atoms with Gasteiger partial charge in [0.1, 0.15) is 5.82 Å². The Morgan fingerprint density at radius 1 is 1.12 bits per heavy atom. The number of hydrogen-bond donors (Lipinski definition) is 2. The van der Waals surface area contributed by atoms with Gasteiger partial charge in [0, 0.05) is 62.5 Å². The second-order valence-corrected chi connectivity index (χ2v) is 11.3. The van der Waals surface area contributed by atoms with Gasteiger partial charge in [-0.1, -0.05) is 18.2 Å². The van der Waals surface area contributed by atoms with E-state index in [4.69, 9.17) is 9.72 Å². The molecule has 2 N–H and O–H groups in total. The number of carbonyl (C=O) groups is 2. The maximum atomic E-state index is 13.8. The number of aryl methyl sites for hydroxylation is 2. The largest absolute Gasteiger partial charge is 0.469 e. The molecule has 11 heteroatoms. The monoisotopic (exact) mass is 587 g/mol. The highest BCUT2D eigenvalue weighted by atomic mass is 16.5. The van der Waals surface area contributed by atoms with Gasteiger partial charge in [-0.05, 0) is 69.1 Å². The molecule has 1 atom stereocenters. The molecule has 0 spiro atoms. The van der Waals surface area contributed by atoms with Gasteiger partial charge < -0.3 is 25.0 Å². The minimum atomic E-state index is -0.465. The number of rotatable bonds is 9. The first kappa shape index (κ1) is 30.2. The van der Waals surface area contributed by atoms with Crippen molar-refractivity contribution in [2.75, 3.05) is 73.5 Å². The van der Waals surface area contributed by atoms with Crippen LogP contribution >= 0.6 is 0 Å². The predicted molar refractivity (Wildman–Crippen MR) is 168 cm³/mol. The number of nitrogens with zero attached hydrogens (tertiary/aromatic N) is 6. The molecule has 0 aliphatic carbocycles. The van der Waals surface area contributed by atoms with Crippen LogP contribution < -0.4 is 20.0 Å². The summed E-state index contributed by atoms with van der Waals surface area (Å²) >= 11 is 0. The third-order valence-corrected chi connectivity index (χ3v) is 8.29. The average Bonchev–Trinajstić information content (AvgIpc) is 3.00. The molecule has 1 fully saturated rings. The van der Waals surface area contributed by atoms with Crippen molar-refractivity contribution in [1.82, 2.24) is 14.9 Å². The maximum absolute atomic E-state index is 13.8. The first-order chi connectivity index (χ1) is 20.7. The molecule has 11 nitrogen and oxygen atoms in total. The van der Waals surface area contributed by atoms with Crippen LogP contribution in [0.3, 0.4) is 0 Å². The third kappa shape index (κ3) is 6.28. The molecule has 5 rings (SSSR count). The standard InChI is InChI=1S/C32H41N7O4/c1-21-8-6-9-22(2)28(21)39-20-24-19-33-31(35-29(24)38(32(39)42)12-7-17-40)34-25-10-11-27(37-15-13-36(4)14-16-37)26(18-25)23(3)30(41)43-5/h6,8-11,18-19,23,40H,7,12-17,20H2,1-5H3,(H,33,34,35). The number of anilines is 5. The van der Waals surface area contributed by atoms with Crippen molar-refractivity contribution in [3.05, 3.63) is 64.8 Å². The highest BCUT2D eigenvalue weighted by molar-refractivity contribution is 6.06. The number of nitrogens with one attached hydrogen (secondary N) is 1. The molecule has 0 saturated carbocycles.